The molecule has 32 heavy (non-hydrogen) atoms. The molecule has 0 radical (unpaired) electrons. The van der Waals surface area contributed by atoms with Gasteiger partial charge in [0.15, 0.2) is 0 Å². The number of carbonyl (C=O) groups is 1. The van der Waals surface area contributed by atoms with Gasteiger partial charge in [-0.2, -0.15) is 5.06 Å². The van der Waals surface area contributed by atoms with Crippen LogP contribution in [0.3, 0.4) is 0 Å². The molecule has 5 heteroatoms. The summed E-state index contributed by atoms with van der Waals surface area (Å²) in [5.74, 6) is 0.146. The van der Waals surface area contributed by atoms with Gasteiger partial charge in [0.1, 0.15) is 12.2 Å². The van der Waals surface area contributed by atoms with Crippen molar-refractivity contribution in [3.05, 3.63) is 35.9 Å². The summed E-state index contributed by atoms with van der Waals surface area (Å²) in [5, 5.41) is 5.39. The fourth-order valence-electron chi connectivity index (χ4n) is 5.57. The molecule has 3 rings (SSSR count). The molecular formula is C27H44N2O3. The maximum atomic E-state index is 12.8. The highest BCUT2D eigenvalue weighted by molar-refractivity contribution is 5.67. The van der Waals surface area contributed by atoms with E-state index in [9.17, 15) is 4.79 Å². The number of rotatable bonds is 7. The third-order valence-corrected chi connectivity index (χ3v) is 8.33. The van der Waals surface area contributed by atoms with Gasteiger partial charge in [-0.3, -0.25) is 4.84 Å². The number of amides is 1. The maximum Gasteiger partial charge on any atom is 0.407 e. The van der Waals surface area contributed by atoms with Crippen LogP contribution in [0, 0.1) is 5.92 Å². The SMILES string of the molecule is CCC1(C)CC(OC(=O)NC2CCCCC2)C(C)C(C)(CC)N1OC(C)c1ccccc1. The first-order valence-corrected chi connectivity index (χ1v) is 12.7. The fourth-order valence-corrected chi connectivity index (χ4v) is 5.57. The molecule has 0 spiro atoms. The largest absolute Gasteiger partial charge is 0.446 e. The Labute approximate surface area is 195 Å². The maximum absolute atomic E-state index is 12.8. The summed E-state index contributed by atoms with van der Waals surface area (Å²) in [6.07, 6.45) is 7.94. The number of nitrogens with one attached hydrogen (secondary N) is 1. The van der Waals surface area contributed by atoms with Gasteiger partial charge in [-0.05, 0) is 52.0 Å². The number of alkyl carbamates (subject to hydrolysis) is 1. The molecule has 0 bridgehead atoms. The third-order valence-electron chi connectivity index (χ3n) is 8.33. The Bertz CT molecular complexity index is 736. The lowest BCUT2D eigenvalue weighted by atomic mass is 9.69. The smallest absolute Gasteiger partial charge is 0.407 e. The highest BCUT2D eigenvalue weighted by atomic mass is 16.7. The highest BCUT2D eigenvalue weighted by Gasteiger charge is 2.55. The van der Waals surface area contributed by atoms with Gasteiger partial charge in [0, 0.05) is 29.5 Å². The number of benzene rings is 1. The standard InChI is InChI=1S/C27H44N2O3/c1-7-26(5)19-24(31-25(30)28-23-17-13-10-14-18-23)20(3)27(6,8-2)29(26)32-21(4)22-15-11-9-12-16-22/h9,11-12,15-16,20-21,23-24H,7-8,10,13-14,17-19H2,1-6H3,(H,28,30). The second-order valence-electron chi connectivity index (χ2n) is 10.4. The van der Waals surface area contributed by atoms with E-state index in [4.69, 9.17) is 9.57 Å². The molecule has 2 aliphatic rings. The lowest BCUT2D eigenvalue weighted by molar-refractivity contribution is -0.335. The zero-order valence-corrected chi connectivity index (χ0v) is 21.0. The first-order chi connectivity index (χ1) is 15.2. The summed E-state index contributed by atoms with van der Waals surface area (Å²) in [6, 6.07) is 10.6. The van der Waals surface area contributed by atoms with Gasteiger partial charge in [-0.25, -0.2) is 4.79 Å². The lowest BCUT2D eigenvalue weighted by Gasteiger charge is -2.59. The summed E-state index contributed by atoms with van der Waals surface area (Å²) in [7, 11) is 0. The molecule has 1 aliphatic carbocycles. The predicted molar refractivity (Wildman–Crippen MR) is 129 cm³/mol. The Morgan fingerprint density at radius 2 is 1.78 bits per heavy atom. The first-order valence-electron chi connectivity index (χ1n) is 12.7. The minimum Gasteiger partial charge on any atom is -0.446 e. The Morgan fingerprint density at radius 3 is 2.38 bits per heavy atom. The van der Waals surface area contributed by atoms with Crippen molar-refractivity contribution in [1.29, 1.82) is 0 Å². The highest BCUT2D eigenvalue weighted by Crippen LogP contribution is 2.48. The van der Waals surface area contributed by atoms with E-state index < -0.39 is 0 Å². The Hall–Kier alpha value is -1.59. The molecule has 2 fully saturated rings. The summed E-state index contributed by atoms with van der Waals surface area (Å²) in [5.41, 5.74) is 0.695. The van der Waals surface area contributed by atoms with E-state index in [1.165, 1.54) is 24.8 Å². The second kappa shape index (κ2) is 10.6. The number of hydroxylamine groups is 2. The molecule has 1 saturated carbocycles. The average Bonchev–Trinajstić information content (AvgIpc) is 2.81. The van der Waals surface area contributed by atoms with Crippen LogP contribution in [0.25, 0.3) is 0 Å². The number of hydrogen-bond acceptors (Lipinski definition) is 4. The van der Waals surface area contributed by atoms with Gasteiger partial charge in [-0.15, -0.1) is 0 Å². The monoisotopic (exact) mass is 444 g/mol. The summed E-state index contributed by atoms with van der Waals surface area (Å²) < 4.78 is 6.11. The van der Waals surface area contributed by atoms with Crippen LogP contribution in [0.15, 0.2) is 30.3 Å². The van der Waals surface area contributed by atoms with Crippen molar-refractivity contribution in [2.24, 2.45) is 5.92 Å². The number of carbonyl (C=O) groups excluding carboxylic acids is 1. The quantitative estimate of drug-likeness (QED) is 0.503. The van der Waals surface area contributed by atoms with Crippen molar-refractivity contribution in [2.45, 2.75) is 122 Å². The van der Waals surface area contributed by atoms with Crippen LogP contribution >= 0.6 is 0 Å². The van der Waals surface area contributed by atoms with Crippen molar-refractivity contribution in [1.82, 2.24) is 10.4 Å². The minimum absolute atomic E-state index is 0.0489. The van der Waals surface area contributed by atoms with Crippen LogP contribution in [-0.2, 0) is 9.57 Å². The van der Waals surface area contributed by atoms with E-state index in [1.54, 1.807) is 0 Å². The van der Waals surface area contributed by atoms with Gasteiger partial charge < -0.3 is 10.1 Å². The van der Waals surface area contributed by atoms with Gasteiger partial charge >= 0.3 is 6.09 Å². The molecular weight excluding hydrogens is 400 g/mol. The van der Waals surface area contributed by atoms with E-state index >= 15 is 0 Å². The number of ether oxygens (including phenoxy) is 1. The van der Waals surface area contributed by atoms with Gasteiger partial charge in [0.05, 0.1) is 0 Å². The lowest BCUT2D eigenvalue weighted by Crippen LogP contribution is -2.68. The van der Waals surface area contributed by atoms with Crippen molar-refractivity contribution < 1.29 is 14.4 Å². The molecule has 5 unspecified atom stereocenters. The molecule has 5 atom stereocenters. The van der Waals surface area contributed by atoms with E-state index in [0.29, 0.717) is 0 Å². The molecule has 0 aromatic heterocycles. The zero-order chi connectivity index (χ0) is 23.4. The molecule has 5 nitrogen and oxygen atoms in total. The molecule has 1 aromatic carbocycles. The first kappa shape index (κ1) is 25.0. The van der Waals surface area contributed by atoms with Crippen LogP contribution < -0.4 is 5.32 Å². The average molecular weight is 445 g/mol. The van der Waals surface area contributed by atoms with Gasteiger partial charge in [-0.1, -0.05) is 70.4 Å². The van der Waals surface area contributed by atoms with E-state index in [1.807, 2.05) is 6.07 Å². The van der Waals surface area contributed by atoms with Crippen LogP contribution in [0.4, 0.5) is 4.79 Å². The predicted octanol–water partition coefficient (Wildman–Crippen LogP) is 6.79. The topological polar surface area (TPSA) is 50.8 Å². The van der Waals surface area contributed by atoms with Gasteiger partial charge in [0.2, 0.25) is 0 Å². The molecule has 1 heterocycles. The number of hydrogen-bond donors (Lipinski definition) is 1. The molecule has 180 valence electrons. The third kappa shape index (κ3) is 5.31. The van der Waals surface area contributed by atoms with E-state index in [0.717, 1.165) is 32.1 Å². The van der Waals surface area contributed by atoms with Gasteiger partial charge in [0.25, 0.3) is 0 Å². The summed E-state index contributed by atoms with van der Waals surface area (Å²) >= 11 is 0. The van der Waals surface area contributed by atoms with Crippen molar-refractivity contribution in [3.8, 4) is 0 Å². The number of nitrogens with zero attached hydrogens (tertiary/aromatic N) is 1. The van der Waals surface area contributed by atoms with Crippen molar-refractivity contribution in [3.63, 3.8) is 0 Å². The van der Waals surface area contributed by atoms with E-state index in [-0.39, 0.29) is 41.3 Å². The Morgan fingerprint density at radius 1 is 1.12 bits per heavy atom. The molecule has 1 aliphatic heterocycles. The Balaban J connectivity index is 1.76. The van der Waals surface area contributed by atoms with Crippen molar-refractivity contribution >= 4 is 6.09 Å². The number of piperidine rings is 1. The molecule has 1 aromatic rings. The van der Waals surface area contributed by atoms with Crippen LogP contribution in [-0.4, -0.2) is 34.4 Å². The minimum atomic E-state index is -0.252. The second-order valence-corrected chi connectivity index (χ2v) is 10.4. The zero-order valence-electron chi connectivity index (χ0n) is 21.0. The Kier molecular flexibility index (Phi) is 8.26. The van der Waals surface area contributed by atoms with E-state index in [2.05, 4.69) is 76.2 Å². The molecule has 1 N–H and O–H groups in total. The molecule has 1 saturated heterocycles. The summed E-state index contributed by atoms with van der Waals surface area (Å²) in [4.78, 5) is 19.5. The van der Waals surface area contributed by atoms with Crippen LogP contribution in [0.2, 0.25) is 0 Å². The normalized spacial score (nSPS) is 32.9. The van der Waals surface area contributed by atoms with Crippen molar-refractivity contribution in [2.75, 3.05) is 0 Å². The van der Waals surface area contributed by atoms with Crippen LogP contribution in [0.1, 0.15) is 105 Å². The molecule has 1 amide bonds. The summed E-state index contributed by atoms with van der Waals surface area (Å²) in [6.45, 7) is 13.3. The fraction of sp³-hybridized carbons (Fsp3) is 0.741. The van der Waals surface area contributed by atoms with Crippen LogP contribution in [0.5, 0.6) is 0 Å².